The number of amides is 1. The third-order valence-electron chi connectivity index (χ3n) is 3.31. The molecule has 0 aliphatic carbocycles. The lowest BCUT2D eigenvalue weighted by Crippen LogP contribution is -2.40. The number of aliphatic carboxylic acids is 1. The number of hydrogen-bond donors (Lipinski definition) is 3. The maximum atomic E-state index is 11.7. The highest BCUT2D eigenvalue weighted by atomic mass is 16.4. The quantitative estimate of drug-likeness (QED) is 0.546. The lowest BCUT2D eigenvalue weighted by atomic mass is 9.88. The Morgan fingerprint density at radius 3 is 2.45 bits per heavy atom. The number of carbonyl (C=O) groups excluding carboxylic acids is 1. The van der Waals surface area contributed by atoms with Crippen LogP contribution in [0.2, 0.25) is 0 Å². The number of hydrogen-bond acceptors (Lipinski definition) is 3. The smallest absolute Gasteiger partial charge is 0.311 e. The van der Waals surface area contributed by atoms with Crippen LogP contribution >= 0.6 is 0 Å². The number of carboxylic acids is 1. The van der Waals surface area contributed by atoms with Crippen molar-refractivity contribution in [2.24, 2.45) is 5.41 Å². The van der Waals surface area contributed by atoms with E-state index in [0.717, 1.165) is 5.56 Å². The van der Waals surface area contributed by atoms with Crippen molar-refractivity contribution in [3.05, 3.63) is 35.9 Å². The molecule has 1 unspecified atom stereocenters. The lowest BCUT2D eigenvalue weighted by Gasteiger charge is -2.22. The minimum absolute atomic E-state index is 0.101. The van der Waals surface area contributed by atoms with E-state index in [9.17, 15) is 9.59 Å². The van der Waals surface area contributed by atoms with Crippen LogP contribution in [0.1, 0.15) is 25.8 Å². The largest absolute Gasteiger partial charge is 0.481 e. The topological polar surface area (TPSA) is 92.4 Å². The predicted molar refractivity (Wildman–Crippen MR) is 78.9 cm³/mol. The van der Waals surface area contributed by atoms with E-state index in [4.69, 9.17) is 10.8 Å². The average molecular weight is 276 g/mol. The molecule has 0 fully saturated rings. The molecule has 0 heterocycles. The molecule has 108 valence electrons. The molecule has 5 nitrogen and oxygen atoms in total. The van der Waals surface area contributed by atoms with E-state index in [1.807, 2.05) is 0 Å². The zero-order valence-electron chi connectivity index (χ0n) is 11.7. The molecule has 0 saturated heterocycles. The normalized spacial score (nSPS) is 13.9. The maximum absolute atomic E-state index is 11.7. The second kappa shape index (κ2) is 6.75. The summed E-state index contributed by atoms with van der Waals surface area (Å²) in [5, 5.41) is 11.7. The summed E-state index contributed by atoms with van der Waals surface area (Å²) in [4.78, 5) is 22.7. The Labute approximate surface area is 118 Å². The molecule has 1 aromatic rings. The zero-order valence-corrected chi connectivity index (χ0v) is 11.7. The number of carbonyl (C=O) groups is 2. The number of nitrogen functional groups attached to an aromatic ring is 1. The molecule has 1 aromatic carbocycles. The van der Waals surface area contributed by atoms with Gasteiger partial charge in [-0.15, -0.1) is 0 Å². The van der Waals surface area contributed by atoms with E-state index in [1.165, 1.54) is 6.08 Å². The Hall–Kier alpha value is -2.30. The molecule has 1 rings (SSSR count). The number of nitrogens with two attached hydrogens (primary N) is 1. The summed E-state index contributed by atoms with van der Waals surface area (Å²) in [7, 11) is 0. The van der Waals surface area contributed by atoms with Crippen molar-refractivity contribution in [1.82, 2.24) is 5.32 Å². The molecule has 0 aliphatic heterocycles. The molecule has 4 N–H and O–H groups in total. The standard InChI is InChI=1S/C15H20N2O3/c1-3-15(2,14(19)20)10-17-13(18)9-6-11-4-7-12(16)8-5-11/h4-9H,3,10,16H2,1-2H3,(H,17,18)(H,19,20)/b9-6+. The molecule has 5 heteroatoms. The highest BCUT2D eigenvalue weighted by Crippen LogP contribution is 2.19. The van der Waals surface area contributed by atoms with Gasteiger partial charge in [-0.2, -0.15) is 0 Å². The van der Waals surface area contributed by atoms with Gasteiger partial charge in [0.1, 0.15) is 0 Å². The fraction of sp³-hybridized carbons (Fsp3) is 0.333. The van der Waals surface area contributed by atoms with Crippen LogP contribution in [-0.2, 0) is 9.59 Å². The minimum Gasteiger partial charge on any atom is -0.481 e. The van der Waals surface area contributed by atoms with Crippen LogP contribution in [0.5, 0.6) is 0 Å². The minimum atomic E-state index is -0.940. The van der Waals surface area contributed by atoms with Crippen molar-refractivity contribution in [3.63, 3.8) is 0 Å². The maximum Gasteiger partial charge on any atom is 0.311 e. The van der Waals surface area contributed by atoms with E-state index >= 15 is 0 Å². The third-order valence-corrected chi connectivity index (χ3v) is 3.31. The molecule has 0 aromatic heterocycles. The first kappa shape index (κ1) is 15.8. The summed E-state index contributed by atoms with van der Waals surface area (Å²) in [6.07, 6.45) is 3.48. The van der Waals surface area contributed by atoms with Gasteiger partial charge in [0.2, 0.25) is 5.91 Å². The Balaban J connectivity index is 2.56. The summed E-state index contributed by atoms with van der Waals surface area (Å²) in [6.45, 7) is 3.49. The zero-order chi connectivity index (χ0) is 15.2. The molecule has 20 heavy (non-hydrogen) atoms. The number of rotatable bonds is 6. The van der Waals surface area contributed by atoms with E-state index < -0.39 is 11.4 Å². The first-order valence-electron chi connectivity index (χ1n) is 6.42. The Kier molecular flexibility index (Phi) is 5.32. The summed E-state index contributed by atoms with van der Waals surface area (Å²) in [5.74, 6) is -1.23. The van der Waals surface area contributed by atoms with Gasteiger partial charge in [0, 0.05) is 18.3 Å². The fourth-order valence-corrected chi connectivity index (χ4v) is 1.47. The van der Waals surface area contributed by atoms with E-state index in [0.29, 0.717) is 12.1 Å². The number of benzene rings is 1. The van der Waals surface area contributed by atoms with Crippen LogP contribution in [0.25, 0.3) is 6.08 Å². The molecule has 1 atom stereocenters. The summed E-state index contributed by atoms with van der Waals surface area (Å²) in [5.41, 5.74) is 6.13. The van der Waals surface area contributed by atoms with Crippen molar-refractivity contribution < 1.29 is 14.7 Å². The Bertz CT molecular complexity index is 508. The number of anilines is 1. The highest BCUT2D eigenvalue weighted by Gasteiger charge is 2.31. The predicted octanol–water partition coefficient (Wildman–Crippen LogP) is 1.90. The van der Waals surface area contributed by atoms with Gasteiger partial charge in [-0.1, -0.05) is 19.1 Å². The van der Waals surface area contributed by atoms with Crippen LogP contribution in [0.15, 0.2) is 30.3 Å². The van der Waals surface area contributed by atoms with Crippen LogP contribution in [0.4, 0.5) is 5.69 Å². The monoisotopic (exact) mass is 276 g/mol. The average Bonchev–Trinajstić information content (AvgIpc) is 2.43. The second-order valence-corrected chi connectivity index (χ2v) is 4.94. The van der Waals surface area contributed by atoms with Gasteiger partial charge in [-0.3, -0.25) is 9.59 Å². The first-order valence-corrected chi connectivity index (χ1v) is 6.42. The van der Waals surface area contributed by atoms with Crippen molar-refractivity contribution >= 4 is 23.6 Å². The lowest BCUT2D eigenvalue weighted by molar-refractivity contribution is -0.148. The van der Waals surface area contributed by atoms with E-state index in [1.54, 1.807) is 44.2 Å². The number of carboxylic acid groups (broad SMARTS) is 1. The molecule has 0 spiro atoms. The SMILES string of the molecule is CCC(C)(CNC(=O)/C=C/c1ccc(N)cc1)C(=O)O. The van der Waals surface area contributed by atoms with Gasteiger partial charge in [0.05, 0.1) is 5.41 Å². The summed E-state index contributed by atoms with van der Waals surface area (Å²) in [6, 6.07) is 7.09. The molecule has 0 bridgehead atoms. The molecular weight excluding hydrogens is 256 g/mol. The summed E-state index contributed by atoms with van der Waals surface area (Å²) < 4.78 is 0. The molecule has 0 aliphatic rings. The van der Waals surface area contributed by atoms with Crippen molar-refractivity contribution in [3.8, 4) is 0 Å². The van der Waals surface area contributed by atoms with Crippen molar-refractivity contribution in [2.75, 3.05) is 12.3 Å². The molecular formula is C15H20N2O3. The van der Waals surface area contributed by atoms with Gasteiger partial charge in [-0.05, 0) is 37.1 Å². The fourth-order valence-electron chi connectivity index (χ4n) is 1.47. The van der Waals surface area contributed by atoms with Gasteiger partial charge in [0.15, 0.2) is 0 Å². The van der Waals surface area contributed by atoms with Crippen LogP contribution in [0.3, 0.4) is 0 Å². The van der Waals surface area contributed by atoms with Crippen LogP contribution in [0, 0.1) is 5.41 Å². The van der Waals surface area contributed by atoms with E-state index in [-0.39, 0.29) is 12.5 Å². The summed E-state index contributed by atoms with van der Waals surface area (Å²) >= 11 is 0. The van der Waals surface area contributed by atoms with Crippen LogP contribution < -0.4 is 11.1 Å². The Morgan fingerprint density at radius 1 is 1.35 bits per heavy atom. The first-order chi connectivity index (χ1) is 9.37. The second-order valence-electron chi connectivity index (χ2n) is 4.94. The molecule has 0 saturated carbocycles. The van der Waals surface area contributed by atoms with Crippen LogP contribution in [-0.4, -0.2) is 23.5 Å². The molecule has 0 radical (unpaired) electrons. The Morgan fingerprint density at radius 2 is 1.95 bits per heavy atom. The van der Waals surface area contributed by atoms with Gasteiger partial charge >= 0.3 is 5.97 Å². The van der Waals surface area contributed by atoms with Gasteiger partial charge in [-0.25, -0.2) is 0 Å². The van der Waals surface area contributed by atoms with Crippen molar-refractivity contribution in [2.45, 2.75) is 20.3 Å². The number of nitrogens with one attached hydrogen (secondary N) is 1. The van der Waals surface area contributed by atoms with Gasteiger partial charge < -0.3 is 16.2 Å². The van der Waals surface area contributed by atoms with E-state index in [2.05, 4.69) is 5.32 Å². The third kappa shape index (κ3) is 4.42. The molecule has 1 amide bonds. The highest BCUT2D eigenvalue weighted by molar-refractivity contribution is 5.92. The van der Waals surface area contributed by atoms with Crippen molar-refractivity contribution in [1.29, 1.82) is 0 Å². The van der Waals surface area contributed by atoms with Gasteiger partial charge in [0.25, 0.3) is 0 Å².